The van der Waals surface area contributed by atoms with E-state index in [1.165, 1.54) is 23.6 Å². The number of carbonyl (C=O) groups excluding carboxylic acids is 2. The molecule has 0 aromatic heterocycles. The van der Waals surface area contributed by atoms with Gasteiger partial charge < -0.3 is 14.4 Å². The molecule has 3 aliphatic rings. The van der Waals surface area contributed by atoms with Crippen LogP contribution in [0.2, 0.25) is 5.02 Å². The van der Waals surface area contributed by atoms with E-state index in [2.05, 4.69) is 6.07 Å². The molecule has 1 aromatic rings. The van der Waals surface area contributed by atoms with E-state index in [4.69, 9.17) is 32.7 Å². The number of halogens is 2. The predicted molar refractivity (Wildman–Crippen MR) is 146 cm³/mol. The van der Waals surface area contributed by atoms with Crippen LogP contribution in [0.5, 0.6) is 0 Å². The molecule has 2 amide bonds. The van der Waals surface area contributed by atoms with Crippen molar-refractivity contribution in [3.63, 3.8) is 0 Å². The topological polar surface area (TPSA) is 82.9 Å². The molecule has 1 unspecified atom stereocenters. The van der Waals surface area contributed by atoms with Crippen molar-refractivity contribution in [2.75, 3.05) is 13.1 Å². The number of carbonyl (C=O) groups is 2. The first-order valence-corrected chi connectivity index (χ1v) is 13.3. The van der Waals surface area contributed by atoms with E-state index in [9.17, 15) is 14.9 Å². The van der Waals surface area contributed by atoms with Crippen LogP contribution in [0.3, 0.4) is 0 Å². The summed E-state index contributed by atoms with van der Waals surface area (Å²) in [4.78, 5) is 29.4. The second-order valence-electron chi connectivity index (χ2n) is 10.8. The number of hydrogen-bond acceptors (Lipinski definition) is 5. The smallest absolute Gasteiger partial charge is 0.418 e. The van der Waals surface area contributed by atoms with Gasteiger partial charge in [-0.25, -0.2) is 4.79 Å². The number of allylic oxidation sites excluding steroid dienone is 4. The molecule has 2 aliphatic heterocycles. The summed E-state index contributed by atoms with van der Waals surface area (Å²) >= 11 is 12.6. The van der Waals surface area contributed by atoms with E-state index in [-0.39, 0.29) is 5.91 Å². The predicted octanol–water partition coefficient (Wildman–Crippen LogP) is 6.66. The number of nitrogens with zero attached hydrogens (tertiary/aromatic N) is 3. The second kappa shape index (κ2) is 11.3. The molecular formula is C29H31Cl2N3O4. The maximum absolute atomic E-state index is 13.7. The summed E-state index contributed by atoms with van der Waals surface area (Å²) in [6.07, 6.45) is 9.56. The molecule has 0 N–H and O–H groups in total. The van der Waals surface area contributed by atoms with Crippen LogP contribution >= 0.6 is 23.2 Å². The lowest BCUT2D eigenvalue weighted by Crippen LogP contribution is -2.46. The summed E-state index contributed by atoms with van der Waals surface area (Å²) in [6.45, 7) is 6.29. The SMILES string of the molecule is CC(C)(C)OC(=O)N1C=COC(C2=C(Cl)C=CCC2C(=O)N2CCC(C#N)(Cc3ccc(Cl)cc3)CC2)=C1. The van der Waals surface area contributed by atoms with E-state index in [0.29, 0.717) is 60.2 Å². The quantitative estimate of drug-likeness (QED) is 0.414. The Kier molecular flexibility index (Phi) is 8.25. The van der Waals surface area contributed by atoms with Crippen LogP contribution in [0.1, 0.15) is 45.6 Å². The maximum Gasteiger partial charge on any atom is 0.418 e. The normalized spacial score (nSPS) is 20.9. The summed E-state index contributed by atoms with van der Waals surface area (Å²) in [7, 11) is 0. The first-order chi connectivity index (χ1) is 18.0. The van der Waals surface area contributed by atoms with Gasteiger partial charge in [0.05, 0.1) is 29.8 Å². The molecule has 1 saturated heterocycles. The Labute approximate surface area is 233 Å². The third-order valence-corrected chi connectivity index (χ3v) is 7.39. The van der Waals surface area contributed by atoms with Crippen molar-refractivity contribution >= 4 is 35.2 Å². The summed E-state index contributed by atoms with van der Waals surface area (Å²) in [6, 6.07) is 10.1. The van der Waals surface area contributed by atoms with Crippen molar-refractivity contribution in [1.29, 1.82) is 5.26 Å². The summed E-state index contributed by atoms with van der Waals surface area (Å²) < 4.78 is 11.2. The van der Waals surface area contributed by atoms with Gasteiger partial charge in [0.2, 0.25) is 5.91 Å². The molecule has 0 saturated carbocycles. The van der Waals surface area contributed by atoms with Gasteiger partial charge in [-0.15, -0.1) is 0 Å². The molecule has 4 rings (SSSR count). The van der Waals surface area contributed by atoms with Crippen molar-refractivity contribution in [2.45, 2.75) is 52.1 Å². The Morgan fingerprint density at radius 2 is 1.87 bits per heavy atom. The number of ether oxygens (including phenoxy) is 2. The highest BCUT2D eigenvalue weighted by Gasteiger charge is 2.40. The average Bonchev–Trinajstić information content (AvgIpc) is 2.89. The molecular weight excluding hydrogens is 525 g/mol. The van der Waals surface area contributed by atoms with Gasteiger partial charge in [0.1, 0.15) is 17.6 Å². The van der Waals surface area contributed by atoms with E-state index < -0.39 is 23.0 Å². The van der Waals surface area contributed by atoms with Crippen LogP contribution < -0.4 is 0 Å². The molecule has 1 aromatic carbocycles. The van der Waals surface area contributed by atoms with Gasteiger partial charge in [0.25, 0.3) is 0 Å². The first kappa shape index (κ1) is 27.8. The molecule has 1 fully saturated rings. The monoisotopic (exact) mass is 555 g/mol. The fourth-order valence-corrected chi connectivity index (χ4v) is 5.26. The minimum atomic E-state index is -0.666. The Balaban J connectivity index is 1.48. The average molecular weight is 556 g/mol. The number of likely N-dealkylation sites (tertiary alicyclic amines) is 1. The fourth-order valence-electron chi connectivity index (χ4n) is 4.82. The molecule has 9 heteroatoms. The first-order valence-electron chi connectivity index (χ1n) is 12.6. The number of amides is 2. The Bertz CT molecular complexity index is 1240. The van der Waals surface area contributed by atoms with Gasteiger partial charge in [0.15, 0.2) is 0 Å². The number of hydrogen-bond donors (Lipinski definition) is 0. The largest absolute Gasteiger partial charge is 0.462 e. The standard InChI is InChI=1S/C29H31Cl2N3O4/c1-28(2,3)38-27(36)34-15-16-37-24(18-34)25-22(5-4-6-23(25)31)26(35)33-13-11-29(19-32,12-14-33)17-20-7-9-21(30)10-8-20/h4,6-10,15-16,18,22H,5,11-14,17H2,1-3H3. The van der Waals surface area contributed by atoms with Crippen molar-refractivity contribution in [1.82, 2.24) is 9.80 Å². The van der Waals surface area contributed by atoms with Crippen molar-refractivity contribution < 1.29 is 19.1 Å². The van der Waals surface area contributed by atoms with E-state index in [1.807, 2.05) is 30.3 Å². The van der Waals surface area contributed by atoms with Crippen LogP contribution in [0, 0.1) is 22.7 Å². The van der Waals surface area contributed by atoms with Crippen LogP contribution in [0.4, 0.5) is 4.79 Å². The molecule has 38 heavy (non-hydrogen) atoms. The molecule has 0 radical (unpaired) electrons. The van der Waals surface area contributed by atoms with Crippen molar-refractivity contribution in [3.05, 3.63) is 82.0 Å². The van der Waals surface area contributed by atoms with Gasteiger partial charge in [0, 0.05) is 28.7 Å². The lowest BCUT2D eigenvalue weighted by molar-refractivity contribution is -0.136. The number of rotatable bonds is 4. The van der Waals surface area contributed by atoms with Gasteiger partial charge in [-0.3, -0.25) is 9.69 Å². The van der Waals surface area contributed by atoms with Crippen LogP contribution in [0.15, 0.2) is 71.4 Å². The number of piperidine rings is 1. The van der Waals surface area contributed by atoms with E-state index in [1.54, 1.807) is 31.7 Å². The Morgan fingerprint density at radius 1 is 1.18 bits per heavy atom. The zero-order chi connectivity index (χ0) is 27.5. The van der Waals surface area contributed by atoms with Crippen LogP contribution in [0.25, 0.3) is 0 Å². The summed E-state index contributed by atoms with van der Waals surface area (Å²) in [5.74, 6) is -0.336. The zero-order valence-corrected chi connectivity index (χ0v) is 23.3. The summed E-state index contributed by atoms with van der Waals surface area (Å²) in [5, 5.41) is 11.1. The van der Waals surface area contributed by atoms with Crippen molar-refractivity contribution in [3.8, 4) is 6.07 Å². The van der Waals surface area contributed by atoms with Gasteiger partial charge in [-0.2, -0.15) is 5.26 Å². The van der Waals surface area contributed by atoms with Crippen molar-refractivity contribution in [2.24, 2.45) is 11.3 Å². The number of benzene rings is 1. The van der Waals surface area contributed by atoms with Crippen LogP contribution in [-0.4, -0.2) is 40.5 Å². The molecule has 2 heterocycles. The molecule has 200 valence electrons. The Morgan fingerprint density at radius 3 is 2.50 bits per heavy atom. The van der Waals surface area contributed by atoms with Gasteiger partial charge >= 0.3 is 6.09 Å². The fraction of sp³-hybridized carbons (Fsp3) is 0.414. The van der Waals surface area contributed by atoms with Crippen LogP contribution in [-0.2, 0) is 20.7 Å². The number of nitriles is 1. The lowest BCUT2D eigenvalue weighted by Gasteiger charge is -2.39. The highest BCUT2D eigenvalue weighted by atomic mass is 35.5. The van der Waals surface area contributed by atoms with E-state index in [0.717, 1.165) is 5.56 Å². The molecule has 1 aliphatic carbocycles. The molecule has 0 bridgehead atoms. The maximum atomic E-state index is 13.7. The lowest BCUT2D eigenvalue weighted by atomic mass is 9.74. The molecule has 0 spiro atoms. The summed E-state index contributed by atoms with van der Waals surface area (Å²) in [5.41, 5.74) is 0.367. The third kappa shape index (κ3) is 6.43. The highest BCUT2D eigenvalue weighted by Crippen LogP contribution is 2.39. The third-order valence-electron chi connectivity index (χ3n) is 6.81. The van der Waals surface area contributed by atoms with Gasteiger partial charge in [-0.1, -0.05) is 41.4 Å². The minimum absolute atomic E-state index is 0.0802. The van der Waals surface area contributed by atoms with E-state index >= 15 is 0 Å². The zero-order valence-electron chi connectivity index (χ0n) is 21.7. The highest BCUT2D eigenvalue weighted by molar-refractivity contribution is 6.32. The Hall–Kier alpha value is -3.21. The molecule has 7 nitrogen and oxygen atoms in total. The minimum Gasteiger partial charge on any atom is -0.462 e. The van der Waals surface area contributed by atoms with Gasteiger partial charge in [-0.05, 0) is 70.2 Å². The molecule has 1 atom stereocenters. The second-order valence-corrected chi connectivity index (χ2v) is 11.6.